The van der Waals surface area contributed by atoms with Gasteiger partial charge in [-0.05, 0) is 11.6 Å². The van der Waals surface area contributed by atoms with Crippen molar-refractivity contribution in [3.8, 4) is 0 Å². The second-order valence-corrected chi connectivity index (χ2v) is 5.16. The first-order chi connectivity index (χ1) is 11.8. The normalized spacial score (nSPS) is 15.4. The third kappa shape index (κ3) is 3.59. The number of benzene rings is 1. The standard InChI is InChI=1S/C14H7F13/c15-9(16,7-6-8-4-2-1-3-5-8)10(17,18)11(19,20)12(21,22)13(23,24)14(25,26)27/h1-7H/b7-6+. The molecule has 0 unspecified atom stereocenters. The molecular formula is C14H7F13. The van der Waals surface area contributed by atoms with E-state index in [1.807, 2.05) is 0 Å². The molecule has 0 aromatic heterocycles. The van der Waals surface area contributed by atoms with Crippen LogP contribution >= 0.6 is 0 Å². The first-order valence-electron chi connectivity index (χ1n) is 6.53. The summed E-state index contributed by atoms with van der Waals surface area (Å²) in [6.07, 6.45) is -8.34. The molecule has 154 valence electrons. The van der Waals surface area contributed by atoms with Crippen molar-refractivity contribution in [2.45, 2.75) is 35.8 Å². The molecule has 1 rings (SSSR count). The first kappa shape index (κ1) is 23.1. The van der Waals surface area contributed by atoms with Crippen molar-refractivity contribution in [3.63, 3.8) is 0 Å². The van der Waals surface area contributed by atoms with Gasteiger partial charge in [-0.3, -0.25) is 0 Å². The van der Waals surface area contributed by atoms with E-state index in [1.165, 1.54) is 18.2 Å². The van der Waals surface area contributed by atoms with Gasteiger partial charge in [-0.1, -0.05) is 36.4 Å². The van der Waals surface area contributed by atoms with Crippen molar-refractivity contribution in [1.82, 2.24) is 0 Å². The summed E-state index contributed by atoms with van der Waals surface area (Å²) in [5.74, 6) is -36.9. The highest BCUT2D eigenvalue weighted by Gasteiger charge is 2.90. The molecule has 0 spiro atoms. The van der Waals surface area contributed by atoms with Crippen LogP contribution in [0.25, 0.3) is 6.08 Å². The molecule has 0 aliphatic rings. The fourth-order valence-corrected chi connectivity index (χ4v) is 1.65. The van der Waals surface area contributed by atoms with Crippen LogP contribution in [0.3, 0.4) is 0 Å². The molecule has 0 atom stereocenters. The van der Waals surface area contributed by atoms with Gasteiger partial charge in [-0.2, -0.15) is 57.1 Å². The molecule has 0 fully saturated rings. The molecule has 27 heavy (non-hydrogen) atoms. The highest BCUT2D eigenvalue weighted by molar-refractivity contribution is 5.50. The fourth-order valence-electron chi connectivity index (χ4n) is 1.65. The van der Waals surface area contributed by atoms with Crippen molar-refractivity contribution < 1.29 is 57.1 Å². The summed E-state index contributed by atoms with van der Waals surface area (Å²) in [6, 6.07) is 5.69. The van der Waals surface area contributed by atoms with Gasteiger partial charge in [0.2, 0.25) is 0 Å². The minimum atomic E-state index is -7.88. The minimum absolute atomic E-state index is 0.0734. The van der Waals surface area contributed by atoms with Crippen LogP contribution in [0.15, 0.2) is 36.4 Å². The molecule has 0 saturated heterocycles. The minimum Gasteiger partial charge on any atom is -0.195 e. The van der Waals surface area contributed by atoms with E-state index in [4.69, 9.17) is 0 Å². The van der Waals surface area contributed by atoms with Crippen molar-refractivity contribution in [2.75, 3.05) is 0 Å². The summed E-state index contributed by atoms with van der Waals surface area (Å²) < 4.78 is 167. The van der Waals surface area contributed by atoms with Crippen molar-refractivity contribution in [2.24, 2.45) is 0 Å². The van der Waals surface area contributed by atoms with Crippen molar-refractivity contribution >= 4 is 6.08 Å². The molecule has 1 aromatic carbocycles. The van der Waals surface area contributed by atoms with Gasteiger partial charge in [0.25, 0.3) is 0 Å². The zero-order valence-corrected chi connectivity index (χ0v) is 12.5. The summed E-state index contributed by atoms with van der Waals surface area (Å²) in [4.78, 5) is 0. The quantitative estimate of drug-likeness (QED) is 0.463. The number of rotatable bonds is 6. The van der Waals surface area contributed by atoms with E-state index in [0.717, 1.165) is 12.1 Å². The molecule has 0 radical (unpaired) electrons. The monoisotopic (exact) mass is 422 g/mol. The van der Waals surface area contributed by atoms with E-state index in [0.29, 0.717) is 0 Å². The van der Waals surface area contributed by atoms with Crippen LogP contribution in [-0.4, -0.2) is 35.8 Å². The molecule has 0 amide bonds. The van der Waals surface area contributed by atoms with Crippen LogP contribution in [0.4, 0.5) is 57.1 Å². The SMILES string of the molecule is FC(F)(F)C(F)(F)C(F)(F)C(F)(F)C(F)(F)C(F)(F)/C=C/c1ccccc1. The molecule has 0 saturated carbocycles. The van der Waals surface area contributed by atoms with Gasteiger partial charge in [0.1, 0.15) is 0 Å². The second kappa shape index (κ2) is 6.59. The molecule has 13 heteroatoms. The second-order valence-electron chi connectivity index (χ2n) is 5.16. The first-order valence-corrected chi connectivity index (χ1v) is 6.53. The smallest absolute Gasteiger partial charge is 0.195 e. The Morgan fingerprint density at radius 3 is 1.33 bits per heavy atom. The molecule has 0 bridgehead atoms. The lowest BCUT2D eigenvalue weighted by atomic mass is 9.93. The molecular weight excluding hydrogens is 415 g/mol. The molecule has 0 aliphatic carbocycles. The summed E-state index contributed by atoms with van der Waals surface area (Å²) >= 11 is 0. The van der Waals surface area contributed by atoms with Crippen LogP contribution in [0.5, 0.6) is 0 Å². The van der Waals surface area contributed by atoms with E-state index in [1.54, 1.807) is 0 Å². The Balaban J connectivity index is 3.39. The zero-order valence-electron chi connectivity index (χ0n) is 12.5. The third-order valence-electron chi connectivity index (χ3n) is 3.24. The largest absolute Gasteiger partial charge is 0.460 e. The average Bonchev–Trinajstić information content (AvgIpc) is 2.52. The molecule has 0 aliphatic heterocycles. The Kier molecular flexibility index (Phi) is 5.63. The van der Waals surface area contributed by atoms with Gasteiger partial charge in [-0.25, -0.2) is 0 Å². The Hall–Kier alpha value is -1.95. The number of allylic oxidation sites excluding steroid dienone is 1. The van der Waals surface area contributed by atoms with E-state index in [9.17, 15) is 57.1 Å². The molecule has 1 aromatic rings. The third-order valence-corrected chi connectivity index (χ3v) is 3.24. The Morgan fingerprint density at radius 2 is 0.926 bits per heavy atom. The lowest BCUT2D eigenvalue weighted by Crippen LogP contribution is -2.69. The van der Waals surface area contributed by atoms with Crippen LogP contribution in [0.2, 0.25) is 0 Å². The van der Waals surface area contributed by atoms with Gasteiger partial charge in [0.05, 0.1) is 0 Å². The lowest BCUT2D eigenvalue weighted by molar-refractivity contribution is -0.436. The van der Waals surface area contributed by atoms with Gasteiger partial charge >= 0.3 is 35.8 Å². The lowest BCUT2D eigenvalue weighted by Gasteiger charge is -2.39. The molecule has 0 N–H and O–H groups in total. The van der Waals surface area contributed by atoms with Gasteiger partial charge in [0, 0.05) is 0 Å². The van der Waals surface area contributed by atoms with Gasteiger partial charge in [-0.15, -0.1) is 0 Å². The van der Waals surface area contributed by atoms with Crippen LogP contribution in [0.1, 0.15) is 5.56 Å². The van der Waals surface area contributed by atoms with Crippen LogP contribution in [0, 0.1) is 0 Å². The molecule has 0 nitrogen and oxygen atoms in total. The predicted octanol–water partition coefficient (Wildman–Crippen LogP) is 6.44. The van der Waals surface area contributed by atoms with E-state index < -0.39 is 41.9 Å². The maximum absolute atomic E-state index is 13.4. The number of halogens is 13. The highest BCUT2D eigenvalue weighted by Crippen LogP contribution is 2.60. The summed E-state index contributed by atoms with van der Waals surface area (Å²) in [6.45, 7) is 0. The Labute approximate surface area is 142 Å². The van der Waals surface area contributed by atoms with Gasteiger partial charge < -0.3 is 0 Å². The van der Waals surface area contributed by atoms with Crippen LogP contribution < -0.4 is 0 Å². The Morgan fingerprint density at radius 1 is 0.519 bits per heavy atom. The average molecular weight is 422 g/mol. The summed E-state index contributed by atoms with van der Waals surface area (Å²) in [5, 5.41) is 0. The van der Waals surface area contributed by atoms with Crippen molar-refractivity contribution in [1.29, 1.82) is 0 Å². The maximum atomic E-state index is 13.4. The Bertz CT molecular complexity index is 670. The zero-order chi connectivity index (χ0) is 21.5. The van der Waals surface area contributed by atoms with E-state index >= 15 is 0 Å². The van der Waals surface area contributed by atoms with E-state index in [2.05, 4.69) is 0 Å². The van der Waals surface area contributed by atoms with Gasteiger partial charge in [0.15, 0.2) is 0 Å². The number of hydrogen-bond acceptors (Lipinski definition) is 0. The highest BCUT2D eigenvalue weighted by atomic mass is 19.4. The summed E-state index contributed by atoms with van der Waals surface area (Å²) in [7, 11) is 0. The number of alkyl halides is 13. The fraction of sp³-hybridized carbons (Fsp3) is 0.429. The topological polar surface area (TPSA) is 0 Å². The van der Waals surface area contributed by atoms with Crippen LogP contribution in [-0.2, 0) is 0 Å². The maximum Gasteiger partial charge on any atom is 0.460 e. The summed E-state index contributed by atoms with van der Waals surface area (Å²) in [5.41, 5.74) is -0.302. The predicted molar refractivity (Wildman–Crippen MR) is 66.3 cm³/mol. The van der Waals surface area contributed by atoms with Crippen molar-refractivity contribution in [3.05, 3.63) is 42.0 Å². The number of hydrogen-bond donors (Lipinski definition) is 0. The van der Waals surface area contributed by atoms with E-state index in [-0.39, 0.29) is 11.6 Å². The molecule has 0 heterocycles.